The molecule has 0 bridgehead atoms. The van der Waals surface area contributed by atoms with Gasteiger partial charge in [-0.25, -0.2) is 4.98 Å². The fourth-order valence-electron chi connectivity index (χ4n) is 1.88. The quantitative estimate of drug-likeness (QED) is 0.793. The lowest BCUT2D eigenvalue weighted by Crippen LogP contribution is -2.34. The van der Waals surface area contributed by atoms with Crippen LogP contribution in [0.2, 0.25) is 0 Å². The molecule has 1 heterocycles. The fourth-order valence-corrected chi connectivity index (χ4v) is 2.65. The third kappa shape index (κ3) is 5.97. The minimum atomic E-state index is -4.40. The van der Waals surface area contributed by atoms with Gasteiger partial charge in [0.25, 0.3) is 0 Å². The molecule has 0 aliphatic heterocycles. The molecular formula is C15H16F3N3OS. The molecule has 0 radical (unpaired) electrons. The summed E-state index contributed by atoms with van der Waals surface area (Å²) in [6, 6.07) is 9.80. The zero-order valence-electron chi connectivity index (χ0n) is 12.4. The van der Waals surface area contributed by atoms with Gasteiger partial charge in [-0.2, -0.15) is 13.2 Å². The first kappa shape index (κ1) is 17.4. The van der Waals surface area contributed by atoms with Gasteiger partial charge in [0.2, 0.25) is 5.91 Å². The Hall–Kier alpha value is -1.96. The second kappa shape index (κ2) is 7.54. The SMILES string of the molecule is Cc1[nH]c(SCC(=O)NCC(F)(F)F)nc1Cc1ccccc1. The standard InChI is InChI=1S/C15H16F3N3OS/c1-10-12(7-11-5-3-2-4-6-11)21-14(20-10)23-8-13(22)19-9-15(16,17)18/h2-6H,7-9H2,1H3,(H,19,22)(H,20,21). The molecular weight excluding hydrogens is 327 g/mol. The number of carbonyl (C=O) groups is 1. The molecule has 8 heteroatoms. The maximum absolute atomic E-state index is 12.0. The van der Waals surface area contributed by atoms with E-state index in [0.29, 0.717) is 11.6 Å². The van der Waals surface area contributed by atoms with Crippen molar-refractivity contribution in [1.29, 1.82) is 0 Å². The summed E-state index contributed by atoms with van der Waals surface area (Å²) in [6.45, 7) is 0.557. The number of H-pyrrole nitrogens is 1. The van der Waals surface area contributed by atoms with Crippen LogP contribution in [-0.4, -0.2) is 34.3 Å². The van der Waals surface area contributed by atoms with Crippen LogP contribution in [0.3, 0.4) is 0 Å². The average molecular weight is 343 g/mol. The monoisotopic (exact) mass is 343 g/mol. The number of halogens is 3. The molecule has 1 aromatic carbocycles. The maximum Gasteiger partial charge on any atom is 0.405 e. The second-order valence-electron chi connectivity index (χ2n) is 4.96. The smallest absolute Gasteiger partial charge is 0.346 e. The van der Waals surface area contributed by atoms with Crippen molar-refractivity contribution < 1.29 is 18.0 Å². The number of alkyl halides is 3. The number of aryl methyl sites for hydroxylation is 1. The highest BCUT2D eigenvalue weighted by Gasteiger charge is 2.27. The molecule has 1 amide bonds. The summed E-state index contributed by atoms with van der Waals surface area (Å²) in [4.78, 5) is 18.8. The van der Waals surface area contributed by atoms with Crippen LogP contribution < -0.4 is 5.32 Å². The molecule has 0 atom stereocenters. The largest absolute Gasteiger partial charge is 0.405 e. The van der Waals surface area contributed by atoms with Crippen molar-refractivity contribution in [3.63, 3.8) is 0 Å². The Morgan fingerprint density at radius 2 is 2.00 bits per heavy atom. The van der Waals surface area contributed by atoms with E-state index in [4.69, 9.17) is 0 Å². The zero-order chi connectivity index (χ0) is 16.9. The fraction of sp³-hybridized carbons (Fsp3) is 0.333. The first-order valence-corrected chi connectivity index (χ1v) is 7.88. The Bertz CT molecular complexity index is 656. The Kier molecular flexibility index (Phi) is 5.70. The summed E-state index contributed by atoms with van der Waals surface area (Å²) in [5, 5.41) is 2.35. The Morgan fingerprint density at radius 3 is 2.65 bits per heavy atom. The lowest BCUT2D eigenvalue weighted by atomic mass is 10.1. The van der Waals surface area contributed by atoms with Gasteiger partial charge in [0.1, 0.15) is 6.54 Å². The van der Waals surface area contributed by atoms with Crippen LogP contribution in [0.15, 0.2) is 35.5 Å². The molecule has 0 saturated heterocycles. The first-order chi connectivity index (χ1) is 10.8. The highest BCUT2D eigenvalue weighted by atomic mass is 32.2. The van der Waals surface area contributed by atoms with Crippen molar-refractivity contribution >= 4 is 17.7 Å². The number of rotatable bonds is 6. The molecule has 0 aliphatic rings. The molecule has 23 heavy (non-hydrogen) atoms. The number of nitrogens with one attached hydrogen (secondary N) is 2. The third-order valence-electron chi connectivity index (χ3n) is 3.00. The number of amides is 1. The normalized spacial score (nSPS) is 11.5. The Labute approximate surface area is 135 Å². The number of thioether (sulfide) groups is 1. The van der Waals surface area contributed by atoms with Gasteiger partial charge < -0.3 is 10.3 Å². The number of nitrogens with zero attached hydrogens (tertiary/aromatic N) is 1. The van der Waals surface area contributed by atoms with E-state index in [-0.39, 0.29) is 5.75 Å². The van der Waals surface area contributed by atoms with Crippen LogP contribution in [-0.2, 0) is 11.2 Å². The molecule has 2 aromatic rings. The third-order valence-corrected chi connectivity index (χ3v) is 3.88. The second-order valence-corrected chi connectivity index (χ2v) is 5.92. The van der Waals surface area contributed by atoms with Crippen LogP contribution in [0.25, 0.3) is 0 Å². The molecule has 124 valence electrons. The Balaban J connectivity index is 1.87. The van der Waals surface area contributed by atoms with Gasteiger partial charge in [0.05, 0.1) is 11.4 Å². The number of hydrogen-bond donors (Lipinski definition) is 2. The molecule has 4 nitrogen and oxygen atoms in total. The van der Waals surface area contributed by atoms with Gasteiger partial charge in [-0.15, -0.1) is 0 Å². The van der Waals surface area contributed by atoms with Crippen molar-refractivity contribution in [3.8, 4) is 0 Å². The Morgan fingerprint density at radius 1 is 1.30 bits per heavy atom. The molecule has 0 unspecified atom stereocenters. The number of benzene rings is 1. The minimum Gasteiger partial charge on any atom is -0.346 e. The van der Waals surface area contributed by atoms with E-state index in [2.05, 4.69) is 9.97 Å². The van der Waals surface area contributed by atoms with Crippen LogP contribution >= 0.6 is 11.8 Å². The number of carbonyl (C=O) groups excluding carboxylic acids is 1. The summed E-state index contributed by atoms with van der Waals surface area (Å²) in [5.74, 6) is -0.792. The average Bonchev–Trinajstić information content (AvgIpc) is 2.83. The van der Waals surface area contributed by atoms with Gasteiger partial charge in [0, 0.05) is 12.1 Å². The predicted molar refractivity (Wildman–Crippen MR) is 82.4 cm³/mol. The van der Waals surface area contributed by atoms with E-state index in [1.807, 2.05) is 42.6 Å². The van der Waals surface area contributed by atoms with Crippen LogP contribution in [0.5, 0.6) is 0 Å². The van der Waals surface area contributed by atoms with Gasteiger partial charge in [0.15, 0.2) is 5.16 Å². The first-order valence-electron chi connectivity index (χ1n) is 6.89. The lowest BCUT2D eigenvalue weighted by Gasteiger charge is -2.07. The molecule has 2 N–H and O–H groups in total. The van der Waals surface area contributed by atoms with Crippen LogP contribution in [0.1, 0.15) is 17.0 Å². The molecule has 0 fully saturated rings. The molecule has 0 spiro atoms. The highest BCUT2D eigenvalue weighted by molar-refractivity contribution is 7.99. The van der Waals surface area contributed by atoms with Crippen molar-refractivity contribution in [2.75, 3.05) is 12.3 Å². The molecule has 0 aliphatic carbocycles. The van der Waals surface area contributed by atoms with Crippen LogP contribution in [0.4, 0.5) is 13.2 Å². The zero-order valence-corrected chi connectivity index (χ0v) is 13.2. The van der Waals surface area contributed by atoms with E-state index in [1.165, 1.54) is 0 Å². The maximum atomic E-state index is 12.0. The lowest BCUT2D eigenvalue weighted by molar-refractivity contribution is -0.136. The van der Waals surface area contributed by atoms with Crippen LogP contribution in [0, 0.1) is 6.92 Å². The van der Waals surface area contributed by atoms with Gasteiger partial charge >= 0.3 is 6.18 Å². The predicted octanol–water partition coefficient (Wildman–Crippen LogP) is 3.08. The van der Waals surface area contributed by atoms with Crippen molar-refractivity contribution in [1.82, 2.24) is 15.3 Å². The van der Waals surface area contributed by atoms with Gasteiger partial charge in [-0.3, -0.25) is 4.79 Å². The topological polar surface area (TPSA) is 57.8 Å². The summed E-state index contributed by atoms with van der Waals surface area (Å²) >= 11 is 1.08. The van der Waals surface area contributed by atoms with E-state index < -0.39 is 18.6 Å². The molecule has 0 saturated carbocycles. The van der Waals surface area contributed by atoms with Gasteiger partial charge in [-0.1, -0.05) is 42.1 Å². The van der Waals surface area contributed by atoms with Crippen molar-refractivity contribution in [2.45, 2.75) is 24.7 Å². The summed E-state index contributed by atoms with van der Waals surface area (Å²) in [7, 11) is 0. The van der Waals surface area contributed by atoms with E-state index in [1.54, 1.807) is 0 Å². The van der Waals surface area contributed by atoms with E-state index in [0.717, 1.165) is 28.7 Å². The summed E-state index contributed by atoms with van der Waals surface area (Å²) in [5.41, 5.74) is 2.85. The summed E-state index contributed by atoms with van der Waals surface area (Å²) < 4.78 is 36.0. The number of aromatic nitrogens is 2. The minimum absolute atomic E-state index is 0.117. The number of aromatic amines is 1. The van der Waals surface area contributed by atoms with Gasteiger partial charge in [-0.05, 0) is 12.5 Å². The van der Waals surface area contributed by atoms with E-state index >= 15 is 0 Å². The van der Waals surface area contributed by atoms with Crippen molar-refractivity contribution in [2.24, 2.45) is 0 Å². The molecule has 1 aromatic heterocycles. The number of hydrogen-bond acceptors (Lipinski definition) is 3. The van der Waals surface area contributed by atoms with Crippen molar-refractivity contribution in [3.05, 3.63) is 47.3 Å². The van der Waals surface area contributed by atoms with E-state index in [9.17, 15) is 18.0 Å². The highest BCUT2D eigenvalue weighted by Crippen LogP contribution is 2.19. The summed E-state index contributed by atoms with van der Waals surface area (Å²) in [6.07, 6.45) is -3.74. The number of imidazole rings is 1. The molecule has 2 rings (SSSR count).